The lowest BCUT2D eigenvalue weighted by atomic mass is 9.93. The Morgan fingerprint density at radius 3 is 2.40 bits per heavy atom. The van der Waals surface area contributed by atoms with Crippen molar-refractivity contribution in [1.82, 2.24) is 24.6 Å². The number of aryl methyl sites for hydroxylation is 3. The summed E-state index contributed by atoms with van der Waals surface area (Å²) in [7, 11) is 0. The van der Waals surface area contributed by atoms with Crippen molar-refractivity contribution in [3.05, 3.63) is 106 Å². The maximum absolute atomic E-state index is 13.2. The third-order valence-electron chi connectivity index (χ3n) is 7.99. The van der Waals surface area contributed by atoms with Crippen molar-refractivity contribution in [2.75, 3.05) is 0 Å². The lowest BCUT2D eigenvalue weighted by Crippen LogP contribution is -2.36. The number of amides is 2. The van der Waals surface area contributed by atoms with Gasteiger partial charge in [0.1, 0.15) is 12.1 Å². The molecule has 8 nitrogen and oxygen atoms in total. The van der Waals surface area contributed by atoms with E-state index in [0.29, 0.717) is 16.3 Å². The van der Waals surface area contributed by atoms with Gasteiger partial charge in [-0.2, -0.15) is 4.99 Å². The van der Waals surface area contributed by atoms with Crippen LogP contribution in [0, 0.1) is 20.8 Å². The average molecular weight is 633 g/mol. The lowest BCUT2D eigenvalue weighted by Gasteiger charge is -2.20. The van der Waals surface area contributed by atoms with Gasteiger partial charge in [-0.25, -0.2) is 14.5 Å². The fourth-order valence-electron chi connectivity index (χ4n) is 5.91. The summed E-state index contributed by atoms with van der Waals surface area (Å²) in [6, 6.07) is 19.1. The van der Waals surface area contributed by atoms with Crippen LogP contribution in [0.15, 0.2) is 83.4 Å². The van der Waals surface area contributed by atoms with E-state index in [1.165, 1.54) is 46.6 Å². The molecule has 0 bridgehead atoms. The molecule has 2 heterocycles. The minimum Gasteiger partial charge on any atom is -0.406 e. The van der Waals surface area contributed by atoms with Crippen LogP contribution in [0.1, 0.15) is 47.6 Å². The normalized spacial score (nSPS) is 17.1. The number of hydrogen-bond acceptors (Lipinski definition) is 5. The molecular weight excluding hydrogens is 601 g/mol. The summed E-state index contributed by atoms with van der Waals surface area (Å²) in [5, 5.41) is 9.67. The number of hydrogen-bond donors (Lipinski definition) is 1. The Balaban J connectivity index is 1.15. The molecule has 6 rings (SSSR count). The lowest BCUT2D eigenvalue weighted by molar-refractivity contribution is -0.274. The number of para-hydroxylation sites is 1. The molecule has 2 aromatic heterocycles. The highest BCUT2D eigenvalue weighted by Crippen LogP contribution is 2.35. The molecule has 2 unspecified atom stereocenters. The molecule has 5 aromatic rings. The quantitative estimate of drug-likeness (QED) is 0.209. The summed E-state index contributed by atoms with van der Waals surface area (Å²) < 4.78 is 44.8. The van der Waals surface area contributed by atoms with Gasteiger partial charge in [0.2, 0.25) is 0 Å². The smallest absolute Gasteiger partial charge is 0.406 e. The maximum Gasteiger partial charge on any atom is 0.573 e. The first kappa shape index (κ1) is 30.3. The second-order valence-corrected chi connectivity index (χ2v) is 12.0. The minimum absolute atomic E-state index is 0.0385. The molecule has 1 aliphatic rings. The van der Waals surface area contributed by atoms with Crippen molar-refractivity contribution < 1.29 is 22.7 Å². The molecule has 12 heteroatoms. The van der Waals surface area contributed by atoms with Gasteiger partial charge >= 0.3 is 12.4 Å². The standard InChI is InChI=1S/C33H31F3N6O2S/c1-20-6-4-7-21(2)29(20)42-22(3)18-45-32(42)39-31(43)38-28-9-5-8-27(28)23-10-12-24(13-11-23)30-37-19-41(40-30)25-14-16-26(17-15-25)44-33(34,35)36/h4,6-7,10-19,27-28H,5,8-9H2,1-3H3,(H,38,43)/b39-32-. The van der Waals surface area contributed by atoms with Crippen LogP contribution in [-0.4, -0.2) is 37.8 Å². The summed E-state index contributed by atoms with van der Waals surface area (Å²) in [4.78, 5) is 22.7. The zero-order valence-electron chi connectivity index (χ0n) is 24.9. The fraction of sp³-hybridized carbons (Fsp3) is 0.273. The van der Waals surface area contributed by atoms with E-state index in [1.54, 1.807) is 0 Å². The van der Waals surface area contributed by atoms with Gasteiger partial charge in [-0.1, -0.05) is 48.9 Å². The molecule has 0 aliphatic heterocycles. The molecule has 1 N–H and O–H groups in total. The predicted octanol–water partition coefficient (Wildman–Crippen LogP) is 7.56. The average Bonchev–Trinajstić information content (AvgIpc) is 3.74. The summed E-state index contributed by atoms with van der Waals surface area (Å²) in [5.41, 5.74) is 6.77. The van der Waals surface area contributed by atoms with Gasteiger partial charge in [-0.15, -0.1) is 29.6 Å². The second-order valence-electron chi connectivity index (χ2n) is 11.1. The van der Waals surface area contributed by atoms with Crippen molar-refractivity contribution in [2.45, 2.75) is 58.4 Å². The number of carbonyl (C=O) groups is 1. The Kier molecular flexibility index (Phi) is 8.32. The zero-order valence-corrected chi connectivity index (χ0v) is 25.7. The number of nitrogens with zero attached hydrogens (tertiary/aromatic N) is 5. The SMILES string of the molecule is Cc1cccc(C)c1-n1c(C)cs/c1=N\C(=O)NC1CCCC1c1ccc(-c2ncn(-c3ccc(OC(F)(F)F)cc3)n2)cc1. The summed E-state index contributed by atoms with van der Waals surface area (Å²) in [6.45, 7) is 6.14. The Morgan fingerprint density at radius 2 is 1.71 bits per heavy atom. The Hall–Kier alpha value is -4.71. The van der Waals surface area contributed by atoms with Crippen molar-refractivity contribution in [1.29, 1.82) is 0 Å². The number of thiazole rings is 1. The molecule has 3 aromatic carbocycles. The van der Waals surface area contributed by atoms with Crippen LogP contribution in [0.3, 0.4) is 0 Å². The minimum atomic E-state index is -4.75. The number of rotatable bonds is 6. The fourth-order valence-corrected chi connectivity index (χ4v) is 6.77. The molecule has 1 fully saturated rings. The number of urea groups is 1. The molecule has 0 spiro atoms. The Bertz CT molecular complexity index is 1870. The Morgan fingerprint density at radius 1 is 1.00 bits per heavy atom. The third-order valence-corrected chi connectivity index (χ3v) is 8.93. The molecule has 0 saturated heterocycles. The number of alkyl halides is 3. The van der Waals surface area contributed by atoms with Crippen LogP contribution >= 0.6 is 11.3 Å². The second kappa shape index (κ2) is 12.4. The number of halogens is 3. The van der Waals surface area contributed by atoms with E-state index < -0.39 is 6.36 Å². The number of ether oxygens (including phenoxy) is 1. The first-order chi connectivity index (χ1) is 21.6. The first-order valence-corrected chi connectivity index (χ1v) is 15.4. The van der Waals surface area contributed by atoms with E-state index in [1.807, 2.05) is 47.2 Å². The number of benzene rings is 3. The van der Waals surface area contributed by atoms with E-state index in [-0.39, 0.29) is 23.7 Å². The molecule has 1 saturated carbocycles. The molecule has 232 valence electrons. The monoisotopic (exact) mass is 632 g/mol. The summed E-state index contributed by atoms with van der Waals surface area (Å²) >= 11 is 1.45. The number of nitrogens with one attached hydrogen (secondary N) is 1. The molecule has 1 aliphatic carbocycles. The molecule has 2 amide bonds. The van der Waals surface area contributed by atoms with E-state index >= 15 is 0 Å². The van der Waals surface area contributed by atoms with Gasteiger partial charge in [-0.3, -0.25) is 4.57 Å². The topological polar surface area (TPSA) is 86.3 Å². The van der Waals surface area contributed by atoms with Gasteiger partial charge in [0.05, 0.1) is 11.4 Å². The van der Waals surface area contributed by atoms with Crippen LogP contribution in [0.2, 0.25) is 0 Å². The van der Waals surface area contributed by atoms with Crippen molar-refractivity contribution in [2.24, 2.45) is 4.99 Å². The van der Waals surface area contributed by atoms with E-state index in [0.717, 1.165) is 52.9 Å². The van der Waals surface area contributed by atoms with Crippen molar-refractivity contribution >= 4 is 17.4 Å². The molecule has 0 radical (unpaired) electrons. The van der Waals surface area contributed by atoms with Gasteiger partial charge in [0.25, 0.3) is 0 Å². The van der Waals surface area contributed by atoms with Gasteiger partial charge in [-0.05, 0) is 74.6 Å². The Labute approximate surface area is 261 Å². The molecular formula is C33H31F3N6O2S. The van der Waals surface area contributed by atoms with Crippen LogP contribution in [0.4, 0.5) is 18.0 Å². The van der Waals surface area contributed by atoms with Crippen molar-refractivity contribution in [3.8, 4) is 28.5 Å². The molecule has 2 atom stereocenters. The molecule has 45 heavy (non-hydrogen) atoms. The maximum atomic E-state index is 13.2. The largest absolute Gasteiger partial charge is 0.573 e. The first-order valence-electron chi connectivity index (χ1n) is 14.5. The number of carbonyl (C=O) groups excluding carboxylic acids is 1. The van der Waals surface area contributed by atoms with Gasteiger partial charge < -0.3 is 10.1 Å². The van der Waals surface area contributed by atoms with Crippen LogP contribution < -0.4 is 14.9 Å². The van der Waals surface area contributed by atoms with E-state index in [9.17, 15) is 18.0 Å². The third kappa shape index (κ3) is 6.70. The summed E-state index contributed by atoms with van der Waals surface area (Å²) in [5.74, 6) is 0.326. The predicted molar refractivity (Wildman–Crippen MR) is 166 cm³/mol. The van der Waals surface area contributed by atoms with Crippen molar-refractivity contribution in [3.63, 3.8) is 0 Å². The van der Waals surface area contributed by atoms with E-state index in [4.69, 9.17) is 0 Å². The van der Waals surface area contributed by atoms with Crippen LogP contribution in [0.5, 0.6) is 5.75 Å². The van der Waals surface area contributed by atoms with Crippen LogP contribution in [-0.2, 0) is 0 Å². The zero-order chi connectivity index (χ0) is 31.7. The van der Waals surface area contributed by atoms with Crippen LogP contribution in [0.25, 0.3) is 22.8 Å². The highest BCUT2D eigenvalue weighted by Gasteiger charge is 2.31. The van der Waals surface area contributed by atoms with Gasteiger partial charge in [0.15, 0.2) is 10.6 Å². The highest BCUT2D eigenvalue weighted by molar-refractivity contribution is 7.07. The van der Waals surface area contributed by atoms with E-state index in [2.05, 4.69) is 51.1 Å². The summed E-state index contributed by atoms with van der Waals surface area (Å²) in [6.07, 6.45) is -0.426. The highest BCUT2D eigenvalue weighted by atomic mass is 32.1. The number of aromatic nitrogens is 4. The van der Waals surface area contributed by atoms with Gasteiger partial charge in [0, 0.05) is 28.6 Å².